The third kappa shape index (κ3) is 6.63. The lowest BCUT2D eigenvalue weighted by molar-refractivity contribution is 0.0924. The summed E-state index contributed by atoms with van der Waals surface area (Å²) in [6.45, 7) is 12.9. The van der Waals surface area contributed by atoms with Crippen LogP contribution in [0.15, 0.2) is 71.6 Å². The number of benzene rings is 3. The molecule has 198 valence electrons. The van der Waals surface area contributed by atoms with Crippen molar-refractivity contribution in [3.63, 3.8) is 0 Å². The molecule has 3 aromatic carbocycles. The van der Waals surface area contributed by atoms with Crippen molar-refractivity contribution < 1.29 is 4.79 Å². The van der Waals surface area contributed by atoms with Gasteiger partial charge in [-0.05, 0) is 62.3 Å². The smallest absolute Gasteiger partial charge is 0.252 e. The third-order valence-electron chi connectivity index (χ3n) is 7.22. The standard InChI is InChI=1S/C33H39N3OS/c1-21(2)18-19-22(3)24(5)35-33(37)28-16-11-15-27(32(28)38-20-26-13-8-7-9-14-26)31-25(6)34-29-17-10-12-23(4)30(29)36-31/h7-17,21-22,24H,18-20H2,1-6H3,(H,35,37). The zero-order valence-corrected chi connectivity index (χ0v) is 24.2. The predicted molar refractivity (Wildman–Crippen MR) is 161 cm³/mol. The van der Waals surface area contributed by atoms with Crippen molar-refractivity contribution in [1.82, 2.24) is 15.3 Å². The van der Waals surface area contributed by atoms with Crippen molar-refractivity contribution in [3.8, 4) is 11.3 Å². The minimum absolute atomic E-state index is 0.0334. The summed E-state index contributed by atoms with van der Waals surface area (Å²) in [5, 5.41) is 3.30. The Morgan fingerprint density at radius 3 is 2.34 bits per heavy atom. The van der Waals surface area contributed by atoms with E-state index in [2.05, 4.69) is 76.3 Å². The highest BCUT2D eigenvalue weighted by Crippen LogP contribution is 2.37. The zero-order chi connectivity index (χ0) is 27.2. The average Bonchev–Trinajstić information content (AvgIpc) is 2.90. The van der Waals surface area contributed by atoms with E-state index in [9.17, 15) is 4.79 Å². The second-order valence-electron chi connectivity index (χ2n) is 10.8. The number of hydrogen-bond donors (Lipinski definition) is 1. The summed E-state index contributed by atoms with van der Waals surface area (Å²) in [5.74, 6) is 1.79. The number of rotatable bonds is 10. The molecule has 1 amide bonds. The van der Waals surface area contributed by atoms with Crippen molar-refractivity contribution in [2.24, 2.45) is 11.8 Å². The van der Waals surface area contributed by atoms with Crippen LogP contribution in [0.2, 0.25) is 0 Å². The maximum absolute atomic E-state index is 13.7. The maximum atomic E-state index is 13.7. The van der Waals surface area contributed by atoms with E-state index in [0.717, 1.165) is 57.0 Å². The fourth-order valence-electron chi connectivity index (χ4n) is 4.62. The van der Waals surface area contributed by atoms with Gasteiger partial charge in [-0.25, -0.2) is 9.97 Å². The first-order valence-corrected chi connectivity index (χ1v) is 14.6. The molecule has 0 aliphatic heterocycles. The molecular formula is C33H39N3OS. The van der Waals surface area contributed by atoms with Gasteiger partial charge in [-0.1, -0.05) is 81.8 Å². The molecule has 1 aromatic heterocycles. The van der Waals surface area contributed by atoms with Gasteiger partial charge in [-0.15, -0.1) is 11.8 Å². The highest BCUT2D eigenvalue weighted by atomic mass is 32.2. The van der Waals surface area contributed by atoms with Crippen LogP contribution in [0.1, 0.15) is 67.7 Å². The van der Waals surface area contributed by atoms with Crippen LogP contribution in [0.25, 0.3) is 22.3 Å². The normalized spacial score (nSPS) is 13.0. The summed E-state index contributed by atoms with van der Waals surface area (Å²) >= 11 is 1.69. The van der Waals surface area contributed by atoms with E-state index in [4.69, 9.17) is 9.97 Å². The van der Waals surface area contributed by atoms with Crippen molar-refractivity contribution >= 4 is 28.7 Å². The lowest BCUT2D eigenvalue weighted by Gasteiger charge is -2.23. The molecule has 0 fully saturated rings. The van der Waals surface area contributed by atoms with E-state index in [1.807, 2.05) is 37.3 Å². The van der Waals surface area contributed by atoms with E-state index in [1.54, 1.807) is 11.8 Å². The molecule has 0 saturated heterocycles. The fourth-order valence-corrected chi connectivity index (χ4v) is 5.76. The summed E-state index contributed by atoms with van der Waals surface area (Å²) in [6, 6.07) is 22.5. The van der Waals surface area contributed by atoms with Crippen LogP contribution < -0.4 is 5.32 Å². The predicted octanol–water partition coefficient (Wildman–Crippen LogP) is 8.40. The Morgan fingerprint density at radius 2 is 1.61 bits per heavy atom. The van der Waals surface area contributed by atoms with Gasteiger partial charge in [0.15, 0.2) is 0 Å². The quantitative estimate of drug-likeness (QED) is 0.211. The molecule has 0 spiro atoms. The second kappa shape index (κ2) is 12.6. The van der Waals surface area contributed by atoms with Gasteiger partial charge in [0.1, 0.15) is 0 Å². The van der Waals surface area contributed by atoms with Gasteiger partial charge in [-0.2, -0.15) is 0 Å². The summed E-state index contributed by atoms with van der Waals surface area (Å²) in [7, 11) is 0. The topological polar surface area (TPSA) is 54.9 Å². The van der Waals surface area contributed by atoms with Crippen LogP contribution in [0.3, 0.4) is 0 Å². The number of carbonyl (C=O) groups excluding carboxylic acids is 1. The number of aromatic nitrogens is 2. The number of amides is 1. The Hall–Kier alpha value is -3.18. The number of nitrogens with one attached hydrogen (secondary N) is 1. The number of aryl methyl sites for hydroxylation is 2. The molecule has 2 atom stereocenters. The van der Waals surface area contributed by atoms with Crippen LogP contribution in [0, 0.1) is 25.7 Å². The van der Waals surface area contributed by atoms with Crippen LogP contribution in [-0.4, -0.2) is 21.9 Å². The number of thioether (sulfide) groups is 1. The molecule has 5 heteroatoms. The number of fused-ring (bicyclic) bond motifs is 1. The second-order valence-corrected chi connectivity index (χ2v) is 11.8. The van der Waals surface area contributed by atoms with E-state index in [1.165, 1.54) is 5.56 Å². The molecule has 4 nitrogen and oxygen atoms in total. The van der Waals surface area contributed by atoms with Crippen molar-refractivity contribution in [1.29, 1.82) is 0 Å². The number of para-hydroxylation sites is 1. The largest absolute Gasteiger partial charge is 0.349 e. The van der Waals surface area contributed by atoms with E-state index in [0.29, 0.717) is 17.4 Å². The molecule has 38 heavy (non-hydrogen) atoms. The van der Waals surface area contributed by atoms with Gasteiger partial charge < -0.3 is 5.32 Å². The number of hydrogen-bond acceptors (Lipinski definition) is 4. The summed E-state index contributed by atoms with van der Waals surface area (Å²) < 4.78 is 0. The molecule has 0 bridgehead atoms. The van der Waals surface area contributed by atoms with Crippen molar-refractivity contribution in [2.75, 3.05) is 0 Å². The summed E-state index contributed by atoms with van der Waals surface area (Å²) in [6.07, 6.45) is 2.26. The van der Waals surface area contributed by atoms with Crippen LogP contribution in [-0.2, 0) is 5.75 Å². The molecule has 1 heterocycles. The maximum Gasteiger partial charge on any atom is 0.252 e. The van der Waals surface area contributed by atoms with E-state index in [-0.39, 0.29) is 11.9 Å². The van der Waals surface area contributed by atoms with Gasteiger partial charge in [0.25, 0.3) is 5.91 Å². The SMILES string of the molecule is Cc1nc2cccc(C)c2nc1-c1cccc(C(=O)NC(C)C(C)CCC(C)C)c1SCc1ccccc1. The molecule has 1 N–H and O–H groups in total. The molecule has 0 aliphatic carbocycles. The third-order valence-corrected chi connectivity index (χ3v) is 8.43. The molecule has 0 saturated carbocycles. The van der Waals surface area contributed by atoms with Crippen molar-refractivity contribution in [3.05, 3.63) is 89.1 Å². The van der Waals surface area contributed by atoms with Gasteiger partial charge in [0.2, 0.25) is 0 Å². The fraction of sp³-hybridized carbons (Fsp3) is 0.364. The number of nitrogens with zero attached hydrogens (tertiary/aromatic N) is 2. The molecule has 0 radical (unpaired) electrons. The lowest BCUT2D eigenvalue weighted by atomic mass is 9.94. The summed E-state index contributed by atoms with van der Waals surface area (Å²) in [4.78, 5) is 24.6. The highest BCUT2D eigenvalue weighted by molar-refractivity contribution is 7.98. The lowest BCUT2D eigenvalue weighted by Crippen LogP contribution is -2.37. The Balaban J connectivity index is 1.73. The number of carbonyl (C=O) groups is 1. The Bertz CT molecular complexity index is 1400. The molecular weight excluding hydrogens is 486 g/mol. The monoisotopic (exact) mass is 525 g/mol. The van der Waals surface area contributed by atoms with Gasteiger partial charge in [0.05, 0.1) is 28.0 Å². The molecule has 0 aliphatic rings. The van der Waals surface area contributed by atoms with Gasteiger partial charge in [0, 0.05) is 22.3 Å². The Labute approximate surface area is 231 Å². The highest BCUT2D eigenvalue weighted by Gasteiger charge is 2.22. The van der Waals surface area contributed by atoms with E-state index < -0.39 is 0 Å². The first-order valence-electron chi connectivity index (χ1n) is 13.6. The average molecular weight is 526 g/mol. The van der Waals surface area contributed by atoms with Gasteiger partial charge in [-0.3, -0.25) is 4.79 Å². The Morgan fingerprint density at radius 1 is 0.868 bits per heavy atom. The van der Waals surface area contributed by atoms with Crippen LogP contribution in [0.4, 0.5) is 0 Å². The molecule has 4 rings (SSSR count). The molecule has 4 aromatic rings. The first-order chi connectivity index (χ1) is 18.2. The minimum atomic E-state index is -0.0334. The summed E-state index contributed by atoms with van der Waals surface area (Å²) in [5.41, 5.74) is 7.43. The minimum Gasteiger partial charge on any atom is -0.349 e. The van der Waals surface area contributed by atoms with E-state index >= 15 is 0 Å². The van der Waals surface area contributed by atoms with Crippen molar-refractivity contribution in [2.45, 2.75) is 71.1 Å². The van der Waals surface area contributed by atoms with Crippen LogP contribution in [0.5, 0.6) is 0 Å². The Kier molecular flexibility index (Phi) is 9.22. The zero-order valence-electron chi connectivity index (χ0n) is 23.4. The first kappa shape index (κ1) is 27.8. The molecule has 2 unspecified atom stereocenters. The van der Waals surface area contributed by atoms with Crippen LogP contribution >= 0.6 is 11.8 Å². The van der Waals surface area contributed by atoms with Gasteiger partial charge >= 0.3 is 0 Å².